The van der Waals surface area contributed by atoms with Crippen molar-refractivity contribution in [1.82, 2.24) is 4.98 Å². The fourth-order valence-corrected chi connectivity index (χ4v) is 2.02. The number of para-hydroxylation sites is 1. The molecule has 2 rings (SSSR count). The highest BCUT2D eigenvalue weighted by atomic mass is 19.1. The van der Waals surface area contributed by atoms with Crippen LogP contribution < -0.4 is 5.32 Å². The first-order chi connectivity index (χ1) is 9.20. The Balaban J connectivity index is 2.34. The van der Waals surface area contributed by atoms with Gasteiger partial charge in [0.2, 0.25) is 0 Å². The first-order valence-corrected chi connectivity index (χ1v) is 6.26. The van der Waals surface area contributed by atoms with E-state index in [1.807, 2.05) is 37.3 Å². The van der Waals surface area contributed by atoms with Gasteiger partial charge in [0, 0.05) is 5.69 Å². The Bertz CT molecular complexity index is 509. The summed E-state index contributed by atoms with van der Waals surface area (Å²) >= 11 is 0. The maximum Gasteiger partial charge on any atom is 0.141 e. The molecule has 100 valence electrons. The van der Waals surface area contributed by atoms with E-state index in [1.54, 1.807) is 6.07 Å². The molecule has 1 unspecified atom stereocenters. The van der Waals surface area contributed by atoms with Gasteiger partial charge in [-0.3, -0.25) is 4.98 Å². The number of hydrogen-bond donors (Lipinski definition) is 2. The molecule has 0 saturated heterocycles. The summed E-state index contributed by atoms with van der Waals surface area (Å²) in [5.41, 5.74) is 0.821. The molecule has 1 heterocycles. The minimum Gasteiger partial charge on any atom is -0.394 e. The summed E-state index contributed by atoms with van der Waals surface area (Å²) in [4.78, 5) is 4.09. The van der Waals surface area contributed by atoms with Crippen LogP contribution in [0.4, 0.5) is 10.1 Å². The topological polar surface area (TPSA) is 45.1 Å². The van der Waals surface area contributed by atoms with Gasteiger partial charge in [0.15, 0.2) is 0 Å². The molecule has 19 heavy (non-hydrogen) atoms. The van der Waals surface area contributed by atoms with Crippen molar-refractivity contribution in [3.05, 3.63) is 60.2 Å². The van der Waals surface area contributed by atoms with Crippen LogP contribution in [0.15, 0.2) is 48.7 Å². The fourth-order valence-electron chi connectivity index (χ4n) is 2.02. The second-order valence-electron chi connectivity index (χ2n) is 4.45. The highest BCUT2D eigenvalue weighted by Crippen LogP contribution is 2.28. The zero-order valence-corrected chi connectivity index (χ0v) is 10.8. The third-order valence-corrected chi connectivity index (χ3v) is 3.25. The van der Waals surface area contributed by atoms with Crippen LogP contribution in [0.2, 0.25) is 0 Å². The fraction of sp³-hybridized carbons (Fsp3) is 0.267. The van der Waals surface area contributed by atoms with Gasteiger partial charge in [0.1, 0.15) is 11.4 Å². The van der Waals surface area contributed by atoms with Crippen molar-refractivity contribution < 1.29 is 9.50 Å². The number of rotatable bonds is 5. The summed E-state index contributed by atoms with van der Waals surface area (Å²) < 4.78 is 13.0. The first-order valence-electron chi connectivity index (χ1n) is 6.26. The van der Waals surface area contributed by atoms with Crippen LogP contribution in [0.25, 0.3) is 0 Å². The van der Waals surface area contributed by atoms with Gasteiger partial charge in [-0.1, -0.05) is 25.1 Å². The van der Waals surface area contributed by atoms with Gasteiger partial charge in [-0.25, -0.2) is 4.39 Å². The molecule has 1 atom stereocenters. The number of anilines is 1. The zero-order chi connectivity index (χ0) is 13.7. The van der Waals surface area contributed by atoms with Crippen LogP contribution in [0.5, 0.6) is 0 Å². The number of aliphatic hydroxyl groups is 1. The monoisotopic (exact) mass is 260 g/mol. The molecule has 2 aromatic rings. The van der Waals surface area contributed by atoms with Crippen molar-refractivity contribution in [2.24, 2.45) is 0 Å². The van der Waals surface area contributed by atoms with Gasteiger partial charge in [-0.2, -0.15) is 0 Å². The molecule has 1 aromatic carbocycles. The molecule has 0 aliphatic heterocycles. The van der Waals surface area contributed by atoms with Crippen LogP contribution in [0, 0.1) is 5.82 Å². The molecular formula is C15H17FN2O. The second kappa shape index (κ2) is 5.80. The SMILES string of the molecule is CCC(CO)(Nc1ccccc1)c1ccc(F)cn1. The molecule has 0 amide bonds. The molecule has 0 saturated carbocycles. The lowest BCUT2D eigenvalue weighted by atomic mass is 9.91. The van der Waals surface area contributed by atoms with E-state index in [9.17, 15) is 9.50 Å². The molecule has 0 aliphatic rings. The van der Waals surface area contributed by atoms with Crippen LogP contribution in [-0.4, -0.2) is 16.7 Å². The second-order valence-corrected chi connectivity index (χ2v) is 4.45. The van der Waals surface area contributed by atoms with E-state index < -0.39 is 5.54 Å². The summed E-state index contributed by atoms with van der Waals surface area (Å²) in [6.07, 6.45) is 1.80. The van der Waals surface area contributed by atoms with Crippen molar-refractivity contribution in [1.29, 1.82) is 0 Å². The molecule has 0 radical (unpaired) electrons. The van der Waals surface area contributed by atoms with Crippen LogP contribution in [0.1, 0.15) is 19.0 Å². The van der Waals surface area contributed by atoms with Gasteiger partial charge in [0.25, 0.3) is 0 Å². The van der Waals surface area contributed by atoms with E-state index in [0.717, 1.165) is 5.69 Å². The molecule has 0 bridgehead atoms. The number of benzene rings is 1. The highest BCUT2D eigenvalue weighted by Gasteiger charge is 2.31. The van der Waals surface area contributed by atoms with E-state index in [1.165, 1.54) is 12.3 Å². The molecular weight excluding hydrogens is 243 g/mol. The highest BCUT2D eigenvalue weighted by molar-refractivity contribution is 5.47. The first kappa shape index (κ1) is 13.5. The number of hydrogen-bond acceptors (Lipinski definition) is 3. The predicted octanol–water partition coefficient (Wildman–Crippen LogP) is 2.93. The summed E-state index contributed by atoms with van der Waals surface area (Å²) in [6, 6.07) is 12.6. The van der Waals surface area contributed by atoms with E-state index >= 15 is 0 Å². The molecule has 0 spiro atoms. The maximum atomic E-state index is 13.0. The van der Waals surface area contributed by atoms with Gasteiger partial charge in [0.05, 0.1) is 18.5 Å². The average molecular weight is 260 g/mol. The van der Waals surface area contributed by atoms with Crippen molar-refractivity contribution in [2.75, 3.05) is 11.9 Å². The summed E-state index contributed by atoms with van der Waals surface area (Å²) in [6.45, 7) is 1.84. The van der Waals surface area contributed by atoms with Gasteiger partial charge < -0.3 is 10.4 Å². The normalized spacial score (nSPS) is 13.8. The molecule has 3 nitrogen and oxygen atoms in total. The number of aromatic nitrogens is 1. The lowest BCUT2D eigenvalue weighted by molar-refractivity contribution is 0.204. The maximum absolute atomic E-state index is 13.0. The van der Waals surface area contributed by atoms with Crippen molar-refractivity contribution >= 4 is 5.69 Å². The average Bonchev–Trinajstić information content (AvgIpc) is 2.47. The van der Waals surface area contributed by atoms with Gasteiger partial charge in [-0.05, 0) is 30.7 Å². The summed E-state index contributed by atoms with van der Waals surface area (Å²) in [5.74, 6) is -0.383. The smallest absolute Gasteiger partial charge is 0.141 e. The number of nitrogens with one attached hydrogen (secondary N) is 1. The Morgan fingerprint density at radius 2 is 1.95 bits per heavy atom. The number of aliphatic hydroxyl groups excluding tert-OH is 1. The zero-order valence-electron chi connectivity index (χ0n) is 10.8. The predicted molar refractivity (Wildman–Crippen MR) is 73.3 cm³/mol. The third-order valence-electron chi connectivity index (χ3n) is 3.25. The van der Waals surface area contributed by atoms with Crippen LogP contribution in [-0.2, 0) is 5.54 Å². The van der Waals surface area contributed by atoms with Gasteiger partial charge in [-0.15, -0.1) is 0 Å². The molecule has 2 N–H and O–H groups in total. The Morgan fingerprint density at radius 1 is 1.21 bits per heavy atom. The molecule has 0 aliphatic carbocycles. The lowest BCUT2D eigenvalue weighted by Crippen LogP contribution is -2.39. The quantitative estimate of drug-likeness (QED) is 0.868. The number of nitrogens with zero attached hydrogens (tertiary/aromatic N) is 1. The van der Waals surface area contributed by atoms with E-state index in [-0.39, 0.29) is 12.4 Å². The lowest BCUT2D eigenvalue weighted by Gasteiger charge is -2.32. The van der Waals surface area contributed by atoms with Crippen LogP contribution in [0.3, 0.4) is 0 Å². The Kier molecular flexibility index (Phi) is 4.12. The van der Waals surface area contributed by atoms with Crippen molar-refractivity contribution in [3.63, 3.8) is 0 Å². The summed E-state index contributed by atoms with van der Waals surface area (Å²) in [5, 5.41) is 13.1. The number of pyridine rings is 1. The van der Waals surface area contributed by atoms with Crippen molar-refractivity contribution in [2.45, 2.75) is 18.9 Å². The minimum absolute atomic E-state index is 0.114. The Hall–Kier alpha value is -1.94. The van der Waals surface area contributed by atoms with Crippen molar-refractivity contribution in [3.8, 4) is 0 Å². The number of halogens is 1. The molecule has 4 heteroatoms. The Labute approximate surface area is 112 Å². The molecule has 1 aromatic heterocycles. The minimum atomic E-state index is -0.699. The van der Waals surface area contributed by atoms with E-state index in [4.69, 9.17) is 0 Å². The van der Waals surface area contributed by atoms with Gasteiger partial charge >= 0.3 is 0 Å². The summed E-state index contributed by atoms with van der Waals surface area (Å²) in [7, 11) is 0. The van der Waals surface area contributed by atoms with Crippen LogP contribution >= 0.6 is 0 Å². The van der Waals surface area contributed by atoms with E-state index in [2.05, 4.69) is 10.3 Å². The third kappa shape index (κ3) is 2.90. The standard InChI is InChI=1S/C15H17FN2O/c1-2-15(11-19,14-9-8-12(16)10-17-14)18-13-6-4-3-5-7-13/h3-10,18-19H,2,11H2,1H3. The Morgan fingerprint density at radius 3 is 2.47 bits per heavy atom. The largest absolute Gasteiger partial charge is 0.394 e. The van der Waals surface area contributed by atoms with E-state index in [0.29, 0.717) is 12.1 Å². The molecule has 0 fully saturated rings.